The number of para-hydroxylation sites is 1. The minimum absolute atomic E-state index is 0.0320. The third kappa shape index (κ3) is 6.28. The van der Waals surface area contributed by atoms with Crippen LogP contribution in [0.5, 0.6) is 5.75 Å². The summed E-state index contributed by atoms with van der Waals surface area (Å²) in [6.45, 7) is 5.52. The van der Waals surface area contributed by atoms with Gasteiger partial charge in [-0.05, 0) is 17.9 Å². The van der Waals surface area contributed by atoms with E-state index >= 15 is 0 Å². The van der Waals surface area contributed by atoms with Crippen LogP contribution in [0, 0.1) is 5.41 Å². The van der Waals surface area contributed by atoms with Crippen LogP contribution in [-0.4, -0.2) is 19.2 Å². The van der Waals surface area contributed by atoms with E-state index in [0.717, 1.165) is 0 Å². The van der Waals surface area contributed by atoms with Gasteiger partial charge in [0.15, 0.2) is 0 Å². The first-order valence-corrected chi connectivity index (χ1v) is 7.31. The van der Waals surface area contributed by atoms with Crippen molar-refractivity contribution in [3.05, 3.63) is 29.8 Å². The van der Waals surface area contributed by atoms with Crippen LogP contribution in [0.15, 0.2) is 24.3 Å². The van der Waals surface area contributed by atoms with Crippen molar-refractivity contribution in [1.82, 2.24) is 10.6 Å². The van der Waals surface area contributed by atoms with Crippen molar-refractivity contribution >= 4 is 6.03 Å². The highest BCUT2D eigenvalue weighted by Crippen LogP contribution is 2.28. The normalized spacial score (nSPS) is 12.9. The lowest BCUT2D eigenvalue weighted by Crippen LogP contribution is -2.41. The molecule has 1 unspecified atom stereocenters. The molecule has 0 bridgehead atoms. The Hall–Kier alpha value is -1.85. The van der Waals surface area contributed by atoms with E-state index in [1.165, 1.54) is 6.07 Å². The summed E-state index contributed by atoms with van der Waals surface area (Å²) < 4.78 is 29.4. The molecule has 2 amide bonds. The first kappa shape index (κ1) is 18.2. The fraction of sp³-hybridized carbons (Fsp3) is 0.562. The van der Waals surface area contributed by atoms with Gasteiger partial charge in [-0.2, -0.15) is 8.78 Å². The zero-order valence-corrected chi connectivity index (χ0v) is 13.5. The molecule has 1 rings (SSSR count). The largest absolute Gasteiger partial charge is 0.434 e. The van der Waals surface area contributed by atoms with Crippen LogP contribution in [0.1, 0.15) is 45.7 Å². The van der Waals surface area contributed by atoms with Gasteiger partial charge in [0.1, 0.15) is 5.75 Å². The molecule has 124 valence electrons. The molecule has 0 aliphatic heterocycles. The van der Waals surface area contributed by atoms with Crippen LogP contribution >= 0.6 is 0 Å². The van der Waals surface area contributed by atoms with E-state index in [0.29, 0.717) is 18.5 Å². The molecule has 1 aromatic carbocycles. The highest BCUT2D eigenvalue weighted by Gasteiger charge is 2.19. The topological polar surface area (TPSA) is 50.4 Å². The number of carbonyl (C=O) groups excluding carboxylic acids is 1. The van der Waals surface area contributed by atoms with Crippen molar-refractivity contribution in [3.63, 3.8) is 0 Å². The van der Waals surface area contributed by atoms with E-state index < -0.39 is 12.7 Å². The predicted molar refractivity (Wildman–Crippen MR) is 82.1 cm³/mol. The number of amides is 2. The van der Waals surface area contributed by atoms with E-state index in [4.69, 9.17) is 0 Å². The number of halogens is 2. The minimum Gasteiger partial charge on any atom is -0.434 e. The maximum atomic E-state index is 12.5. The third-order valence-corrected chi connectivity index (χ3v) is 3.00. The number of hydrogen-bond donors (Lipinski definition) is 2. The summed E-state index contributed by atoms with van der Waals surface area (Å²) in [6.07, 6.45) is 0.562. The Bertz CT molecular complexity index is 487. The monoisotopic (exact) mass is 314 g/mol. The van der Waals surface area contributed by atoms with Gasteiger partial charge in [0.2, 0.25) is 0 Å². The van der Waals surface area contributed by atoms with Crippen molar-refractivity contribution in [2.45, 2.75) is 46.8 Å². The first-order valence-electron chi connectivity index (χ1n) is 7.31. The molecule has 0 radical (unpaired) electrons. The van der Waals surface area contributed by atoms with Gasteiger partial charge in [-0.15, -0.1) is 0 Å². The Kier molecular flexibility index (Phi) is 6.59. The van der Waals surface area contributed by atoms with E-state index in [-0.39, 0.29) is 17.2 Å². The summed E-state index contributed by atoms with van der Waals surface area (Å²) in [5.74, 6) is 0.0838. The number of benzene rings is 1. The van der Waals surface area contributed by atoms with Gasteiger partial charge >= 0.3 is 12.6 Å². The zero-order valence-electron chi connectivity index (χ0n) is 13.5. The standard InChI is InChI=1S/C16H24F2N2O2/c1-5-12(20-15(21)19-10-16(2,3)4)11-8-6-7-9-13(11)22-14(17)18/h6-9,12,14H,5,10H2,1-4H3,(H2,19,20,21). The van der Waals surface area contributed by atoms with Crippen LogP contribution in [0.4, 0.5) is 13.6 Å². The van der Waals surface area contributed by atoms with Gasteiger partial charge in [-0.3, -0.25) is 0 Å². The van der Waals surface area contributed by atoms with Crippen molar-refractivity contribution in [3.8, 4) is 5.75 Å². The second-order valence-corrected chi connectivity index (χ2v) is 6.26. The van der Waals surface area contributed by atoms with Crippen LogP contribution in [-0.2, 0) is 0 Å². The Morgan fingerprint density at radius 2 is 1.91 bits per heavy atom. The molecule has 0 fully saturated rings. The lowest BCUT2D eigenvalue weighted by Gasteiger charge is -2.23. The Morgan fingerprint density at radius 1 is 1.27 bits per heavy atom. The number of carbonyl (C=O) groups is 1. The number of ether oxygens (including phenoxy) is 1. The van der Waals surface area contributed by atoms with Gasteiger partial charge in [-0.1, -0.05) is 45.9 Å². The number of urea groups is 1. The van der Waals surface area contributed by atoms with E-state index in [9.17, 15) is 13.6 Å². The number of rotatable bonds is 6. The fourth-order valence-electron chi connectivity index (χ4n) is 1.93. The molecular formula is C16H24F2N2O2. The summed E-state index contributed by atoms with van der Waals surface area (Å²) in [5.41, 5.74) is 0.506. The average Bonchev–Trinajstić information content (AvgIpc) is 2.42. The molecule has 4 nitrogen and oxygen atoms in total. The molecular weight excluding hydrogens is 290 g/mol. The number of hydrogen-bond acceptors (Lipinski definition) is 2. The van der Waals surface area contributed by atoms with Crippen molar-refractivity contribution in [2.75, 3.05) is 6.54 Å². The molecule has 0 aliphatic rings. The van der Waals surface area contributed by atoms with E-state index in [2.05, 4.69) is 15.4 Å². The molecule has 0 saturated heterocycles. The average molecular weight is 314 g/mol. The van der Waals surface area contributed by atoms with Crippen LogP contribution in [0.25, 0.3) is 0 Å². The Morgan fingerprint density at radius 3 is 2.45 bits per heavy atom. The van der Waals surface area contributed by atoms with Gasteiger partial charge in [-0.25, -0.2) is 4.79 Å². The molecule has 0 spiro atoms. The molecule has 6 heteroatoms. The second kappa shape index (κ2) is 7.96. The fourth-order valence-corrected chi connectivity index (χ4v) is 1.93. The summed E-state index contributed by atoms with van der Waals surface area (Å²) in [5, 5.41) is 5.57. The SMILES string of the molecule is CCC(NC(=O)NCC(C)(C)C)c1ccccc1OC(F)F. The van der Waals surface area contributed by atoms with Gasteiger partial charge in [0.05, 0.1) is 6.04 Å². The molecule has 0 aliphatic carbocycles. The van der Waals surface area contributed by atoms with Crippen LogP contribution in [0.3, 0.4) is 0 Å². The van der Waals surface area contributed by atoms with Crippen LogP contribution < -0.4 is 15.4 Å². The highest BCUT2D eigenvalue weighted by molar-refractivity contribution is 5.74. The summed E-state index contributed by atoms with van der Waals surface area (Å²) >= 11 is 0. The summed E-state index contributed by atoms with van der Waals surface area (Å²) in [4.78, 5) is 12.0. The maximum absolute atomic E-state index is 12.5. The molecule has 2 N–H and O–H groups in total. The van der Waals surface area contributed by atoms with Gasteiger partial charge < -0.3 is 15.4 Å². The maximum Gasteiger partial charge on any atom is 0.387 e. The molecule has 0 saturated carbocycles. The molecule has 0 heterocycles. The highest BCUT2D eigenvalue weighted by atomic mass is 19.3. The Labute approximate surface area is 130 Å². The molecule has 1 atom stereocenters. The number of alkyl halides is 2. The van der Waals surface area contributed by atoms with Crippen molar-refractivity contribution in [2.24, 2.45) is 5.41 Å². The van der Waals surface area contributed by atoms with Crippen LogP contribution in [0.2, 0.25) is 0 Å². The number of nitrogens with one attached hydrogen (secondary N) is 2. The predicted octanol–water partition coefficient (Wildman–Crippen LogP) is 4.08. The second-order valence-electron chi connectivity index (χ2n) is 6.26. The summed E-state index contributed by atoms with van der Waals surface area (Å²) in [7, 11) is 0. The molecule has 1 aromatic rings. The van der Waals surface area contributed by atoms with Crippen molar-refractivity contribution in [1.29, 1.82) is 0 Å². The van der Waals surface area contributed by atoms with E-state index in [1.807, 2.05) is 27.7 Å². The molecule has 22 heavy (non-hydrogen) atoms. The van der Waals surface area contributed by atoms with Gasteiger partial charge in [0, 0.05) is 12.1 Å². The first-order chi connectivity index (χ1) is 10.2. The smallest absolute Gasteiger partial charge is 0.387 e. The molecule has 0 aromatic heterocycles. The van der Waals surface area contributed by atoms with Gasteiger partial charge in [0.25, 0.3) is 0 Å². The summed E-state index contributed by atoms with van der Waals surface area (Å²) in [6, 6.07) is 5.77. The Balaban J connectivity index is 2.77. The lowest BCUT2D eigenvalue weighted by molar-refractivity contribution is -0.0506. The van der Waals surface area contributed by atoms with Crippen molar-refractivity contribution < 1.29 is 18.3 Å². The third-order valence-electron chi connectivity index (χ3n) is 3.00. The lowest BCUT2D eigenvalue weighted by atomic mass is 9.97. The zero-order chi connectivity index (χ0) is 16.8. The van der Waals surface area contributed by atoms with E-state index in [1.54, 1.807) is 18.2 Å². The minimum atomic E-state index is -2.90. The quantitative estimate of drug-likeness (QED) is 0.831.